The molecule has 0 saturated heterocycles. The van der Waals surface area contributed by atoms with Crippen LogP contribution in [0.4, 0.5) is 11.8 Å². The molecule has 0 radical (unpaired) electrons. The fraction of sp³-hybridized carbons (Fsp3) is 0.154. The van der Waals surface area contributed by atoms with Gasteiger partial charge in [0, 0.05) is 5.56 Å². The molecule has 1 heterocycles. The summed E-state index contributed by atoms with van der Waals surface area (Å²) in [5.74, 6) is 0.542. The van der Waals surface area contributed by atoms with Crippen molar-refractivity contribution in [2.24, 2.45) is 0 Å². The maximum atomic E-state index is 9.21. The van der Waals surface area contributed by atoms with Gasteiger partial charge in [0.05, 0.1) is 21.8 Å². The van der Waals surface area contributed by atoms with Crippen LogP contribution in [-0.2, 0) is 0 Å². The minimum absolute atomic E-state index is 0.0115. The van der Waals surface area contributed by atoms with E-state index in [4.69, 9.17) is 27.8 Å². The Kier molecular flexibility index (Phi) is 4.50. The van der Waals surface area contributed by atoms with E-state index in [1.165, 1.54) is 0 Å². The van der Waals surface area contributed by atoms with Crippen molar-refractivity contribution in [3.05, 3.63) is 27.2 Å². The van der Waals surface area contributed by atoms with Crippen LogP contribution in [0.2, 0.25) is 5.02 Å². The molecular formula is C13H11BrClN5O. The molecule has 0 spiro atoms. The highest BCUT2D eigenvalue weighted by molar-refractivity contribution is 9.10. The summed E-state index contributed by atoms with van der Waals surface area (Å²) in [7, 11) is 0. The molecule has 1 aromatic carbocycles. The number of aromatic nitrogens is 2. The topological polar surface area (TPSA) is 111 Å². The molecule has 0 bridgehead atoms. The molecule has 0 aliphatic heterocycles. The van der Waals surface area contributed by atoms with Crippen LogP contribution in [0.15, 0.2) is 16.6 Å². The Morgan fingerprint density at radius 2 is 2.10 bits per heavy atom. The molecule has 6 nitrogen and oxygen atoms in total. The second-order valence-corrected chi connectivity index (χ2v) is 5.27. The van der Waals surface area contributed by atoms with E-state index in [0.717, 1.165) is 0 Å². The van der Waals surface area contributed by atoms with Gasteiger partial charge in [0.25, 0.3) is 0 Å². The number of nitrogen functional groups attached to an aromatic ring is 2. The maximum Gasteiger partial charge on any atom is 0.222 e. The third kappa shape index (κ3) is 3.01. The van der Waals surface area contributed by atoms with Crippen LogP contribution in [0.5, 0.6) is 5.75 Å². The lowest BCUT2D eigenvalue weighted by Gasteiger charge is -2.12. The molecule has 8 heteroatoms. The first kappa shape index (κ1) is 15.4. The number of hydrogen-bond donors (Lipinski definition) is 2. The standard InChI is InChI=1S/C13H11BrClN5O/c1-2-21-11-8(14)3-6(4-9(11)15)10-7(5-16)12(17)20-13(18)19-10/h3-4H,2H2,1H3,(H4,17,18,19,20). The van der Waals surface area contributed by atoms with E-state index in [-0.39, 0.29) is 17.3 Å². The molecule has 0 fully saturated rings. The second kappa shape index (κ2) is 6.16. The minimum atomic E-state index is -0.0115. The number of nitrogens with two attached hydrogens (primary N) is 2. The molecule has 0 amide bonds. The van der Waals surface area contributed by atoms with Gasteiger partial charge in [-0.1, -0.05) is 11.6 Å². The molecule has 0 atom stereocenters. The summed E-state index contributed by atoms with van der Waals surface area (Å²) >= 11 is 9.58. The van der Waals surface area contributed by atoms with E-state index < -0.39 is 0 Å². The Hall–Kier alpha value is -2.04. The van der Waals surface area contributed by atoms with Crippen molar-refractivity contribution < 1.29 is 4.74 Å². The molecule has 1 aromatic heterocycles. The van der Waals surface area contributed by atoms with Crippen molar-refractivity contribution in [3.63, 3.8) is 0 Å². The molecule has 21 heavy (non-hydrogen) atoms. The lowest BCUT2D eigenvalue weighted by atomic mass is 10.1. The third-order valence-electron chi connectivity index (χ3n) is 2.63. The van der Waals surface area contributed by atoms with Gasteiger partial charge in [-0.15, -0.1) is 0 Å². The highest BCUT2D eigenvalue weighted by atomic mass is 79.9. The largest absolute Gasteiger partial charge is 0.491 e. The Bertz CT molecular complexity index is 721. The van der Waals surface area contributed by atoms with Crippen LogP contribution < -0.4 is 16.2 Å². The van der Waals surface area contributed by atoms with Gasteiger partial charge in [-0.3, -0.25) is 0 Å². The zero-order valence-corrected chi connectivity index (χ0v) is 13.4. The van der Waals surface area contributed by atoms with E-state index in [1.807, 2.05) is 13.0 Å². The number of nitriles is 1. The highest BCUT2D eigenvalue weighted by Crippen LogP contribution is 2.38. The monoisotopic (exact) mass is 367 g/mol. The van der Waals surface area contributed by atoms with Crippen molar-refractivity contribution >= 4 is 39.3 Å². The predicted molar refractivity (Wildman–Crippen MR) is 84.9 cm³/mol. The van der Waals surface area contributed by atoms with Crippen molar-refractivity contribution in [1.82, 2.24) is 9.97 Å². The SMILES string of the molecule is CCOc1c(Cl)cc(-c2nc(N)nc(N)c2C#N)cc1Br. The normalized spacial score (nSPS) is 10.2. The number of rotatable bonds is 3. The van der Waals surface area contributed by atoms with Gasteiger partial charge in [0.1, 0.15) is 17.5 Å². The maximum absolute atomic E-state index is 9.21. The molecule has 0 unspecified atom stereocenters. The van der Waals surface area contributed by atoms with Crippen molar-refractivity contribution in [1.29, 1.82) is 5.26 Å². The van der Waals surface area contributed by atoms with Crippen LogP contribution in [0.25, 0.3) is 11.3 Å². The molecule has 2 rings (SSSR count). The summed E-state index contributed by atoms with van der Waals surface area (Å²) in [5, 5.41) is 9.60. The zero-order valence-electron chi connectivity index (χ0n) is 11.0. The molecule has 0 saturated carbocycles. The average Bonchev–Trinajstić information content (AvgIpc) is 2.42. The first-order chi connectivity index (χ1) is 9.97. The summed E-state index contributed by atoms with van der Waals surface area (Å²) in [6, 6.07) is 5.35. The van der Waals surface area contributed by atoms with Gasteiger partial charge in [0.15, 0.2) is 5.75 Å². The molecule has 2 aromatic rings. The fourth-order valence-corrected chi connectivity index (χ4v) is 2.76. The Balaban J connectivity index is 2.66. The van der Waals surface area contributed by atoms with E-state index in [1.54, 1.807) is 12.1 Å². The van der Waals surface area contributed by atoms with E-state index in [2.05, 4.69) is 25.9 Å². The van der Waals surface area contributed by atoms with Gasteiger partial charge >= 0.3 is 0 Å². The Labute approximate surface area is 134 Å². The number of benzene rings is 1. The van der Waals surface area contributed by atoms with Gasteiger partial charge in [-0.05, 0) is 35.0 Å². The van der Waals surface area contributed by atoms with Crippen molar-refractivity contribution in [2.75, 3.05) is 18.1 Å². The fourth-order valence-electron chi connectivity index (χ4n) is 1.79. The lowest BCUT2D eigenvalue weighted by Crippen LogP contribution is -2.05. The van der Waals surface area contributed by atoms with Crippen LogP contribution in [-0.4, -0.2) is 16.6 Å². The number of ether oxygens (including phenoxy) is 1. The quantitative estimate of drug-likeness (QED) is 0.861. The lowest BCUT2D eigenvalue weighted by molar-refractivity contribution is 0.338. The summed E-state index contributed by atoms with van der Waals surface area (Å²) < 4.78 is 6.08. The number of hydrogen-bond acceptors (Lipinski definition) is 6. The van der Waals surface area contributed by atoms with E-state index >= 15 is 0 Å². The van der Waals surface area contributed by atoms with Crippen molar-refractivity contribution in [2.45, 2.75) is 6.92 Å². The summed E-state index contributed by atoms with van der Waals surface area (Å²) in [6.07, 6.45) is 0. The second-order valence-electron chi connectivity index (χ2n) is 4.00. The first-order valence-corrected chi connectivity index (χ1v) is 7.10. The van der Waals surface area contributed by atoms with E-state index in [9.17, 15) is 5.26 Å². The Morgan fingerprint density at radius 3 is 2.67 bits per heavy atom. The van der Waals surface area contributed by atoms with Crippen LogP contribution >= 0.6 is 27.5 Å². The smallest absolute Gasteiger partial charge is 0.222 e. The predicted octanol–water partition coefficient (Wildman–Crippen LogP) is 2.99. The van der Waals surface area contributed by atoms with Gasteiger partial charge in [0.2, 0.25) is 5.95 Å². The molecule has 108 valence electrons. The molecule has 0 aliphatic carbocycles. The van der Waals surface area contributed by atoms with E-state index in [0.29, 0.717) is 33.1 Å². The Morgan fingerprint density at radius 1 is 1.38 bits per heavy atom. The van der Waals surface area contributed by atoms with Gasteiger partial charge in [-0.25, -0.2) is 4.98 Å². The molecule has 0 aliphatic rings. The van der Waals surface area contributed by atoms with Gasteiger partial charge in [-0.2, -0.15) is 10.2 Å². The van der Waals surface area contributed by atoms with Crippen molar-refractivity contribution in [3.8, 4) is 23.1 Å². The summed E-state index contributed by atoms with van der Waals surface area (Å²) in [5.41, 5.74) is 12.4. The van der Waals surface area contributed by atoms with Gasteiger partial charge < -0.3 is 16.2 Å². The van der Waals surface area contributed by atoms with Crippen LogP contribution in [0.3, 0.4) is 0 Å². The number of anilines is 2. The molecular weight excluding hydrogens is 358 g/mol. The minimum Gasteiger partial charge on any atom is -0.491 e. The number of halogens is 2. The summed E-state index contributed by atoms with van der Waals surface area (Å²) in [6.45, 7) is 2.34. The van der Waals surface area contributed by atoms with Crippen LogP contribution in [0.1, 0.15) is 12.5 Å². The highest BCUT2D eigenvalue weighted by Gasteiger charge is 2.16. The average molecular weight is 369 g/mol. The van der Waals surface area contributed by atoms with Crippen LogP contribution in [0, 0.1) is 11.3 Å². The first-order valence-electron chi connectivity index (χ1n) is 5.93. The zero-order chi connectivity index (χ0) is 15.6. The number of nitrogens with zero attached hydrogens (tertiary/aromatic N) is 3. The summed E-state index contributed by atoms with van der Waals surface area (Å²) in [4.78, 5) is 7.85. The molecule has 4 N–H and O–H groups in total. The third-order valence-corrected chi connectivity index (χ3v) is 3.50.